The smallest absolute Gasteiger partial charge is 0.289 e. The molecule has 0 spiro atoms. The van der Waals surface area contributed by atoms with Gasteiger partial charge in [0.15, 0.2) is 11.2 Å². The van der Waals surface area contributed by atoms with Gasteiger partial charge in [-0.3, -0.25) is 0 Å². The number of para-hydroxylation sites is 2. The number of benzene rings is 1. The van der Waals surface area contributed by atoms with Crippen molar-refractivity contribution in [1.82, 2.24) is 4.73 Å². The lowest BCUT2D eigenvalue weighted by atomic mass is 10.3. The van der Waals surface area contributed by atoms with Gasteiger partial charge >= 0.3 is 0 Å². The summed E-state index contributed by atoms with van der Waals surface area (Å²) >= 11 is 0. The first-order valence-corrected chi connectivity index (χ1v) is 4.23. The standard InChI is InChI=1S/C9H9N4O2/c10-11-5-7-6-12(14)8-3-1-2-4-9(8)13(7)15/h1-6,15H,10H2/q+1/b11-5+. The van der Waals surface area contributed by atoms with E-state index in [9.17, 15) is 10.1 Å². The molecule has 0 unspecified atom stereocenters. The Morgan fingerprint density at radius 1 is 1.47 bits per heavy atom. The average Bonchev–Trinajstić information content (AvgIpc) is 2.26. The molecule has 2 aromatic rings. The summed E-state index contributed by atoms with van der Waals surface area (Å²) in [7, 11) is 0. The third-order valence-electron chi connectivity index (χ3n) is 2.05. The van der Waals surface area contributed by atoms with Crippen LogP contribution in [0.1, 0.15) is 5.69 Å². The van der Waals surface area contributed by atoms with Crippen molar-refractivity contribution >= 4 is 17.2 Å². The number of fused-ring (bicyclic) bond motifs is 1. The van der Waals surface area contributed by atoms with Crippen LogP contribution in [0.25, 0.3) is 11.0 Å². The maximum Gasteiger partial charge on any atom is 0.289 e. The molecular formula is C9H9N4O2+. The number of nitrogens with two attached hydrogens (primary N) is 1. The third-order valence-corrected chi connectivity index (χ3v) is 2.05. The van der Waals surface area contributed by atoms with E-state index in [0.717, 1.165) is 4.73 Å². The van der Waals surface area contributed by atoms with Crippen LogP contribution in [0.2, 0.25) is 0 Å². The fourth-order valence-electron chi connectivity index (χ4n) is 1.38. The van der Waals surface area contributed by atoms with E-state index in [1.54, 1.807) is 24.3 Å². The molecule has 76 valence electrons. The van der Waals surface area contributed by atoms with Gasteiger partial charge in [0.25, 0.3) is 11.7 Å². The molecule has 0 aliphatic carbocycles. The summed E-state index contributed by atoms with van der Waals surface area (Å²) in [5, 5.41) is 13.0. The van der Waals surface area contributed by atoms with Gasteiger partial charge in [0.05, 0.1) is 10.6 Å². The van der Waals surface area contributed by atoms with Crippen molar-refractivity contribution in [3.8, 4) is 0 Å². The quantitative estimate of drug-likeness (QED) is 0.227. The third kappa shape index (κ3) is 1.41. The minimum atomic E-state index is 0.214. The normalized spacial score (nSPS) is 11.2. The minimum absolute atomic E-state index is 0.214. The summed E-state index contributed by atoms with van der Waals surface area (Å²) < 4.78 is 1.51. The zero-order valence-corrected chi connectivity index (χ0v) is 7.74. The van der Waals surface area contributed by atoms with Crippen molar-refractivity contribution < 1.29 is 9.63 Å². The molecule has 0 bridgehead atoms. The van der Waals surface area contributed by atoms with Crippen molar-refractivity contribution in [2.45, 2.75) is 0 Å². The Bertz CT molecular complexity index is 588. The molecule has 1 aromatic heterocycles. The highest BCUT2D eigenvalue weighted by molar-refractivity contribution is 5.80. The zero-order valence-electron chi connectivity index (χ0n) is 7.74. The Morgan fingerprint density at radius 2 is 2.20 bits per heavy atom. The van der Waals surface area contributed by atoms with Crippen molar-refractivity contribution in [2.75, 3.05) is 0 Å². The molecular weight excluding hydrogens is 196 g/mol. The van der Waals surface area contributed by atoms with Crippen LogP contribution >= 0.6 is 0 Å². The molecule has 0 atom stereocenters. The molecule has 1 heterocycles. The molecule has 1 aromatic carbocycles. The van der Waals surface area contributed by atoms with Gasteiger partial charge < -0.3 is 11.0 Å². The second kappa shape index (κ2) is 3.41. The number of hydrazone groups is 1. The molecule has 0 fully saturated rings. The fourth-order valence-corrected chi connectivity index (χ4v) is 1.38. The highest BCUT2D eigenvalue weighted by Gasteiger charge is 2.13. The van der Waals surface area contributed by atoms with Gasteiger partial charge in [0.2, 0.25) is 0 Å². The first-order valence-electron chi connectivity index (χ1n) is 4.23. The van der Waals surface area contributed by atoms with Crippen LogP contribution in [0.3, 0.4) is 0 Å². The molecule has 6 nitrogen and oxygen atoms in total. The monoisotopic (exact) mass is 205 g/mol. The Morgan fingerprint density at radius 3 is 2.93 bits per heavy atom. The summed E-state index contributed by atoms with van der Waals surface area (Å²) in [6.45, 7) is 0. The summed E-state index contributed by atoms with van der Waals surface area (Å²) in [4.78, 5) is 11.5. The van der Waals surface area contributed by atoms with Gasteiger partial charge in [-0.25, -0.2) is 0 Å². The molecule has 15 heavy (non-hydrogen) atoms. The van der Waals surface area contributed by atoms with Gasteiger partial charge in [-0.15, -0.1) is 0 Å². The molecule has 0 aliphatic rings. The highest BCUT2D eigenvalue weighted by atomic mass is 16.5. The lowest BCUT2D eigenvalue weighted by Gasteiger charge is -2.00. The maximum atomic E-state index is 11.5. The van der Waals surface area contributed by atoms with Gasteiger partial charge in [0, 0.05) is 11.0 Å². The van der Waals surface area contributed by atoms with E-state index in [1.807, 2.05) is 0 Å². The van der Waals surface area contributed by atoms with Crippen molar-refractivity contribution in [3.05, 3.63) is 41.1 Å². The SMILES string of the molecule is N/N=C/c1c[n+](=O)c2ccccc2n1O. The van der Waals surface area contributed by atoms with Gasteiger partial charge in [-0.05, 0) is 6.07 Å². The van der Waals surface area contributed by atoms with Crippen LogP contribution in [0.15, 0.2) is 35.6 Å². The number of rotatable bonds is 1. The van der Waals surface area contributed by atoms with Crippen LogP contribution in [0.4, 0.5) is 0 Å². The Hall–Kier alpha value is -2.37. The van der Waals surface area contributed by atoms with Crippen LogP contribution in [0, 0.1) is 4.91 Å². The van der Waals surface area contributed by atoms with Crippen LogP contribution in [-0.4, -0.2) is 16.2 Å². The minimum Gasteiger partial charge on any atom is -0.427 e. The number of hydrogen-bond donors (Lipinski definition) is 2. The second-order valence-corrected chi connectivity index (χ2v) is 2.96. The van der Waals surface area contributed by atoms with Crippen molar-refractivity contribution in [1.29, 1.82) is 0 Å². The predicted octanol–water partition coefficient (Wildman–Crippen LogP) is 0.0857. The van der Waals surface area contributed by atoms with E-state index in [2.05, 4.69) is 5.10 Å². The first-order chi connectivity index (χ1) is 7.24. The second-order valence-electron chi connectivity index (χ2n) is 2.96. The number of nitrogens with zero attached hydrogens (tertiary/aromatic N) is 3. The van der Waals surface area contributed by atoms with Gasteiger partial charge in [-0.2, -0.15) is 9.83 Å². The van der Waals surface area contributed by atoms with Crippen molar-refractivity contribution in [3.63, 3.8) is 0 Å². The van der Waals surface area contributed by atoms with Crippen molar-refractivity contribution in [2.24, 2.45) is 10.9 Å². The molecule has 0 radical (unpaired) electrons. The van der Waals surface area contributed by atoms with E-state index in [0.29, 0.717) is 15.5 Å². The lowest BCUT2D eigenvalue weighted by molar-refractivity contribution is -0.465. The Labute approximate surface area is 84.4 Å². The molecule has 0 saturated carbocycles. The maximum absolute atomic E-state index is 11.5. The van der Waals surface area contributed by atoms with E-state index < -0.39 is 0 Å². The highest BCUT2D eigenvalue weighted by Crippen LogP contribution is 2.08. The molecule has 2 rings (SSSR count). The van der Waals surface area contributed by atoms with E-state index in [1.165, 1.54) is 12.4 Å². The Kier molecular flexibility index (Phi) is 2.09. The summed E-state index contributed by atoms with van der Waals surface area (Å²) in [5.74, 6) is 4.96. The average molecular weight is 205 g/mol. The van der Waals surface area contributed by atoms with Crippen LogP contribution < -0.4 is 10.3 Å². The first kappa shape index (κ1) is 9.20. The lowest BCUT2D eigenvalue weighted by Crippen LogP contribution is -2.20. The number of aromatic nitrogens is 2. The molecule has 0 saturated heterocycles. The zero-order chi connectivity index (χ0) is 10.8. The van der Waals surface area contributed by atoms with Crippen LogP contribution in [-0.2, 0) is 0 Å². The summed E-state index contributed by atoms with van der Waals surface area (Å²) in [6.07, 6.45) is 2.39. The topological polar surface area (TPSA) is 86.5 Å². The van der Waals surface area contributed by atoms with Gasteiger partial charge in [-0.1, -0.05) is 12.1 Å². The molecule has 3 N–H and O–H groups in total. The summed E-state index contributed by atoms with van der Waals surface area (Å²) in [6, 6.07) is 6.67. The number of hydrogen-bond acceptors (Lipinski definition) is 4. The largest absolute Gasteiger partial charge is 0.427 e. The van der Waals surface area contributed by atoms with E-state index in [4.69, 9.17) is 5.84 Å². The molecule has 6 heteroatoms. The Balaban J connectivity index is 2.90. The predicted molar refractivity (Wildman–Crippen MR) is 54.3 cm³/mol. The van der Waals surface area contributed by atoms with Crippen LogP contribution in [0.5, 0.6) is 0 Å². The van der Waals surface area contributed by atoms with Gasteiger partial charge in [0.1, 0.15) is 0 Å². The molecule has 0 amide bonds. The fraction of sp³-hybridized carbons (Fsp3) is 0. The van der Waals surface area contributed by atoms with E-state index >= 15 is 0 Å². The van der Waals surface area contributed by atoms with E-state index in [-0.39, 0.29) is 5.69 Å². The molecule has 0 aliphatic heterocycles. The summed E-state index contributed by atoms with van der Waals surface area (Å²) in [5.41, 5.74) is 0.977.